The zero-order valence-electron chi connectivity index (χ0n) is 12.1. The lowest BCUT2D eigenvalue weighted by atomic mass is 9.88. The average Bonchev–Trinajstić information content (AvgIpc) is 3.12. The number of rotatable bonds is 4. The molecule has 3 rings (SSSR count). The Balaban J connectivity index is 1.51. The summed E-state index contributed by atoms with van der Waals surface area (Å²) in [4.78, 5) is 3.85. The van der Waals surface area contributed by atoms with Crippen LogP contribution in [-0.2, 0) is 6.54 Å². The summed E-state index contributed by atoms with van der Waals surface area (Å²) in [6, 6.07) is 2.16. The van der Waals surface area contributed by atoms with Gasteiger partial charge in [0, 0.05) is 28.9 Å². The molecule has 0 amide bonds. The molecule has 108 valence electrons. The normalized spacial score (nSPS) is 27.9. The monoisotopic (exact) mass is 289 g/mol. The number of hydrogen-bond donors (Lipinski definition) is 1. The van der Waals surface area contributed by atoms with E-state index < -0.39 is 0 Å². The summed E-state index contributed by atoms with van der Waals surface area (Å²) in [5, 5.41) is 10.8. The van der Waals surface area contributed by atoms with Crippen LogP contribution >= 0.6 is 11.3 Å². The van der Waals surface area contributed by atoms with Crippen molar-refractivity contribution < 1.29 is 5.11 Å². The largest absolute Gasteiger partial charge is 0.384 e. The van der Waals surface area contributed by atoms with Crippen LogP contribution in [0.5, 0.6) is 0 Å². The maximum atomic E-state index is 8.71. The fourth-order valence-corrected chi connectivity index (χ4v) is 4.90. The molecule has 3 heteroatoms. The van der Waals surface area contributed by atoms with Crippen LogP contribution in [0.15, 0.2) is 11.4 Å². The minimum absolute atomic E-state index is 0.0602. The first-order valence-corrected chi connectivity index (χ1v) is 8.48. The molecule has 2 saturated carbocycles. The van der Waals surface area contributed by atoms with Crippen molar-refractivity contribution >= 4 is 11.3 Å². The van der Waals surface area contributed by atoms with E-state index in [0.29, 0.717) is 0 Å². The maximum absolute atomic E-state index is 8.71. The molecule has 20 heavy (non-hydrogen) atoms. The van der Waals surface area contributed by atoms with Gasteiger partial charge in [0.15, 0.2) is 0 Å². The molecule has 1 N–H and O–H groups in total. The Kier molecular flexibility index (Phi) is 4.45. The van der Waals surface area contributed by atoms with Crippen LogP contribution in [0.2, 0.25) is 0 Å². The Morgan fingerprint density at radius 3 is 3.00 bits per heavy atom. The van der Waals surface area contributed by atoms with E-state index in [0.717, 1.165) is 29.9 Å². The molecule has 2 aliphatic rings. The van der Waals surface area contributed by atoms with E-state index in [1.165, 1.54) is 37.1 Å². The van der Waals surface area contributed by atoms with E-state index in [2.05, 4.69) is 35.2 Å². The van der Waals surface area contributed by atoms with Gasteiger partial charge < -0.3 is 10.0 Å². The molecule has 0 aromatic carbocycles. The Morgan fingerprint density at radius 1 is 1.40 bits per heavy atom. The molecule has 1 heterocycles. The Bertz CT molecular complexity index is 513. The van der Waals surface area contributed by atoms with Crippen molar-refractivity contribution in [2.24, 2.45) is 17.8 Å². The van der Waals surface area contributed by atoms with Crippen molar-refractivity contribution in [2.45, 2.75) is 32.2 Å². The topological polar surface area (TPSA) is 23.5 Å². The highest BCUT2D eigenvalue weighted by molar-refractivity contribution is 7.10. The number of fused-ring (bicyclic) bond motifs is 2. The van der Waals surface area contributed by atoms with Gasteiger partial charge in [-0.2, -0.15) is 0 Å². The first kappa shape index (κ1) is 14.1. The van der Waals surface area contributed by atoms with Gasteiger partial charge in [-0.1, -0.05) is 18.3 Å². The molecule has 3 unspecified atom stereocenters. The van der Waals surface area contributed by atoms with Gasteiger partial charge >= 0.3 is 0 Å². The van der Waals surface area contributed by atoms with Crippen molar-refractivity contribution in [3.05, 3.63) is 21.9 Å². The van der Waals surface area contributed by atoms with Crippen LogP contribution in [0.4, 0.5) is 0 Å². The Labute approximate surface area is 125 Å². The van der Waals surface area contributed by atoms with E-state index in [1.807, 2.05) is 0 Å². The summed E-state index contributed by atoms with van der Waals surface area (Å²) in [5.74, 6) is 8.67. The van der Waals surface area contributed by atoms with E-state index in [-0.39, 0.29) is 6.61 Å². The second kappa shape index (κ2) is 6.30. The second-order valence-corrected chi connectivity index (χ2v) is 7.39. The molecule has 3 atom stereocenters. The van der Waals surface area contributed by atoms with Gasteiger partial charge in [0.25, 0.3) is 0 Å². The predicted octanol–water partition coefficient (Wildman–Crippen LogP) is 2.96. The number of hydrogen-bond acceptors (Lipinski definition) is 3. The van der Waals surface area contributed by atoms with Crippen molar-refractivity contribution in [3.8, 4) is 11.8 Å². The van der Waals surface area contributed by atoms with Gasteiger partial charge in [0.2, 0.25) is 0 Å². The molecule has 1 aromatic heterocycles. The average molecular weight is 289 g/mol. The molecular formula is C17H23NOS. The molecule has 0 aliphatic heterocycles. The predicted molar refractivity (Wildman–Crippen MR) is 83.6 cm³/mol. The third-order valence-electron chi connectivity index (χ3n) is 4.82. The van der Waals surface area contributed by atoms with E-state index in [1.54, 1.807) is 11.3 Å². The van der Waals surface area contributed by atoms with Crippen molar-refractivity contribution in [3.63, 3.8) is 0 Å². The molecule has 2 aliphatic carbocycles. The van der Waals surface area contributed by atoms with Crippen LogP contribution < -0.4 is 0 Å². The fourth-order valence-electron chi connectivity index (χ4n) is 4.00. The van der Waals surface area contributed by atoms with Gasteiger partial charge in [-0.3, -0.25) is 0 Å². The number of aliphatic hydroxyl groups excluding tert-OH is 1. The smallest absolute Gasteiger partial charge is 0.104 e. The number of aliphatic hydroxyl groups is 1. The molecule has 2 nitrogen and oxygen atoms in total. The summed E-state index contributed by atoms with van der Waals surface area (Å²) in [6.45, 7) is 2.21. The van der Waals surface area contributed by atoms with Gasteiger partial charge in [-0.25, -0.2) is 0 Å². The van der Waals surface area contributed by atoms with E-state index >= 15 is 0 Å². The summed E-state index contributed by atoms with van der Waals surface area (Å²) < 4.78 is 0. The molecular weight excluding hydrogens is 266 g/mol. The lowest BCUT2D eigenvalue weighted by Crippen LogP contribution is -2.28. The lowest BCUT2D eigenvalue weighted by molar-refractivity contribution is 0.216. The second-order valence-electron chi connectivity index (χ2n) is 6.39. The molecule has 0 spiro atoms. The summed E-state index contributed by atoms with van der Waals surface area (Å²) in [5.41, 5.74) is 1.03. The lowest BCUT2D eigenvalue weighted by Gasteiger charge is -2.26. The standard InChI is InChI=1S/C17H23NOS/c1-18(10-16-8-13-4-5-15(16)7-13)11-17-9-14(12-20-17)3-2-6-19/h9,12-13,15-16,19H,4-8,10-11H2,1H3. The third kappa shape index (κ3) is 3.25. The Morgan fingerprint density at radius 2 is 2.30 bits per heavy atom. The minimum Gasteiger partial charge on any atom is -0.384 e. The van der Waals surface area contributed by atoms with E-state index in [4.69, 9.17) is 5.11 Å². The van der Waals surface area contributed by atoms with Gasteiger partial charge in [-0.15, -0.1) is 11.3 Å². The first-order chi connectivity index (χ1) is 9.74. The molecule has 2 bridgehead atoms. The highest BCUT2D eigenvalue weighted by Crippen LogP contribution is 2.48. The minimum atomic E-state index is -0.0602. The van der Waals surface area contributed by atoms with Crippen LogP contribution in [0.25, 0.3) is 0 Å². The third-order valence-corrected chi connectivity index (χ3v) is 5.74. The van der Waals surface area contributed by atoms with Gasteiger partial charge in [0.05, 0.1) is 0 Å². The van der Waals surface area contributed by atoms with Crippen LogP contribution in [0, 0.1) is 29.6 Å². The van der Waals surface area contributed by atoms with Crippen molar-refractivity contribution in [1.82, 2.24) is 4.90 Å². The number of nitrogens with zero attached hydrogens (tertiary/aromatic N) is 1. The summed E-state index contributed by atoms with van der Waals surface area (Å²) >= 11 is 1.78. The quantitative estimate of drug-likeness (QED) is 0.862. The summed E-state index contributed by atoms with van der Waals surface area (Å²) in [6.07, 6.45) is 5.93. The van der Waals surface area contributed by atoms with Crippen LogP contribution in [0.3, 0.4) is 0 Å². The SMILES string of the molecule is CN(Cc1cc(C#CCO)cs1)CC1CC2CCC1C2. The first-order valence-electron chi connectivity index (χ1n) is 7.60. The van der Waals surface area contributed by atoms with Gasteiger partial charge in [-0.05, 0) is 50.1 Å². The molecule has 2 fully saturated rings. The fraction of sp³-hybridized carbons (Fsp3) is 0.647. The Hall–Kier alpha value is -0.820. The zero-order chi connectivity index (χ0) is 13.9. The van der Waals surface area contributed by atoms with Crippen LogP contribution in [0.1, 0.15) is 36.1 Å². The highest BCUT2D eigenvalue weighted by atomic mass is 32.1. The summed E-state index contributed by atoms with van der Waals surface area (Å²) in [7, 11) is 2.24. The van der Waals surface area contributed by atoms with Crippen molar-refractivity contribution in [1.29, 1.82) is 0 Å². The van der Waals surface area contributed by atoms with Crippen LogP contribution in [-0.4, -0.2) is 30.2 Å². The number of thiophene rings is 1. The molecule has 0 radical (unpaired) electrons. The zero-order valence-corrected chi connectivity index (χ0v) is 13.0. The van der Waals surface area contributed by atoms with E-state index in [9.17, 15) is 0 Å². The molecule has 0 saturated heterocycles. The highest BCUT2D eigenvalue weighted by Gasteiger charge is 2.39. The maximum Gasteiger partial charge on any atom is 0.104 e. The van der Waals surface area contributed by atoms with Gasteiger partial charge in [0.1, 0.15) is 6.61 Å². The molecule has 1 aromatic rings. The van der Waals surface area contributed by atoms with Crippen molar-refractivity contribution in [2.75, 3.05) is 20.2 Å².